The molecular weight excluding hydrogens is 344 g/mol. The van der Waals surface area contributed by atoms with Crippen LogP contribution in [-0.2, 0) is 6.42 Å². The van der Waals surface area contributed by atoms with Crippen molar-refractivity contribution >= 4 is 22.5 Å². The van der Waals surface area contributed by atoms with E-state index in [2.05, 4.69) is 12.2 Å². The van der Waals surface area contributed by atoms with Crippen molar-refractivity contribution in [2.75, 3.05) is 19.5 Å². The first-order valence-electron chi connectivity index (χ1n) is 8.73. The number of rotatable bonds is 4. The molecule has 1 aromatic heterocycles. The van der Waals surface area contributed by atoms with E-state index in [1.165, 1.54) is 7.11 Å². The van der Waals surface area contributed by atoms with Crippen LogP contribution in [0.15, 0.2) is 47.4 Å². The van der Waals surface area contributed by atoms with Gasteiger partial charge in [-0.2, -0.15) is 0 Å². The van der Waals surface area contributed by atoms with E-state index in [1.54, 1.807) is 37.6 Å². The van der Waals surface area contributed by atoms with Gasteiger partial charge in [0.1, 0.15) is 5.56 Å². The van der Waals surface area contributed by atoms with Crippen molar-refractivity contribution in [3.05, 3.63) is 63.9 Å². The maximum atomic E-state index is 12.9. The Morgan fingerprint density at radius 1 is 1.15 bits per heavy atom. The maximum absolute atomic E-state index is 12.9. The molecule has 2 aromatic carbocycles. The number of hydrogen-bond acceptors (Lipinski definition) is 4. The van der Waals surface area contributed by atoms with Gasteiger partial charge in [-0.1, -0.05) is 12.1 Å². The lowest BCUT2D eigenvalue weighted by Crippen LogP contribution is -2.23. The van der Waals surface area contributed by atoms with Crippen molar-refractivity contribution < 1.29 is 14.3 Å². The van der Waals surface area contributed by atoms with Crippen LogP contribution in [0, 0.1) is 0 Å². The number of para-hydroxylation sites is 1. The van der Waals surface area contributed by atoms with Gasteiger partial charge in [0, 0.05) is 29.4 Å². The highest BCUT2D eigenvalue weighted by Gasteiger charge is 2.24. The summed E-state index contributed by atoms with van der Waals surface area (Å²) >= 11 is 0. The zero-order chi connectivity index (χ0) is 19.1. The highest BCUT2D eigenvalue weighted by Crippen LogP contribution is 2.32. The molecule has 0 aliphatic carbocycles. The van der Waals surface area contributed by atoms with E-state index in [0.29, 0.717) is 22.6 Å². The maximum Gasteiger partial charge on any atom is 0.261 e. The van der Waals surface area contributed by atoms with Gasteiger partial charge in [0.2, 0.25) is 5.43 Å². The minimum absolute atomic E-state index is 0.128. The second-order valence-electron chi connectivity index (χ2n) is 6.67. The number of carbonyl (C=O) groups is 1. The molecular formula is C21H20N2O4. The monoisotopic (exact) mass is 364 g/mol. The largest absolute Gasteiger partial charge is 0.493 e. The van der Waals surface area contributed by atoms with Crippen LogP contribution in [0.5, 0.6) is 11.5 Å². The number of aromatic nitrogens is 1. The number of ether oxygens (including phenoxy) is 2. The Hall–Kier alpha value is -3.28. The van der Waals surface area contributed by atoms with Crippen LogP contribution in [0.4, 0.5) is 5.69 Å². The molecule has 3 aromatic rings. The molecule has 0 fully saturated rings. The quantitative estimate of drug-likeness (QED) is 0.770. The number of carbonyl (C=O) groups excluding carboxylic acids is 1. The summed E-state index contributed by atoms with van der Waals surface area (Å²) in [6, 6.07) is 11.0. The summed E-state index contributed by atoms with van der Waals surface area (Å²) in [6.07, 6.45) is 2.53. The zero-order valence-corrected chi connectivity index (χ0v) is 15.4. The van der Waals surface area contributed by atoms with Gasteiger partial charge >= 0.3 is 0 Å². The van der Waals surface area contributed by atoms with Crippen LogP contribution in [0.1, 0.15) is 28.9 Å². The minimum atomic E-state index is -0.442. The van der Waals surface area contributed by atoms with Crippen LogP contribution >= 0.6 is 0 Å². The van der Waals surface area contributed by atoms with Crippen molar-refractivity contribution in [1.29, 1.82) is 0 Å². The average Bonchev–Trinajstić information content (AvgIpc) is 3.00. The fourth-order valence-electron chi connectivity index (χ4n) is 3.69. The Morgan fingerprint density at radius 3 is 2.67 bits per heavy atom. The minimum Gasteiger partial charge on any atom is -0.493 e. The van der Waals surface area contributed by atoms with Crippen molar-refractivity contribution in [3.63, 3.8) is 0 Å². The molecule has 1 N–H and O–H groups in total. The number of hydrogen-bond donors (Lipinski definition) is 1. The first-order valence-corrected chi connectivity index (χ1v) is 8.73. The third kappa shape index (κ3) is 2.73. The molecule has 0 bridgehead atoms. The summed E-state index contributed by atoms with van der Waals surface area (Å²) in [5.41, 5.74) is 2.47. The zero-order valence-electron chi connectivity index (χ0n) is 15.4. The molecule has 0 unspecified atom stereocenters. The third-order valence-corrected chi connectivity index (χ3v) is 5.01. The molecule has 1 aliphatic heterocycles. The third-order valence-electron chi connectivity index (χ3n) is 5.01. The summed E-state index contributed by atoms with van der Waals surface area (Å²) in [6.45, 7) is 2.08. The predicted molar refractivity (Wildman–Crippen MR) is 104 cm³/mol. The topological polar surface area (TPSA) is 69.6 Å². The Bertz CT molecular complexity index is 1120. The van der Waals surface area contributed by atoms with E-state index in [9.17, 15) is 9.59 Å². The summed E-state index contributed by atoms with van der Waals surface area (Å²) < 4.78 is 12.5. The normalized spacial score (nSPS) is 15.0. The summed E-state index contributed by atoms with van der Waals surface area (Å²) in [7, 11) is 3.07. The van der Waals surface area contributed by atoms with Gasteiger partial charge in [0.05, 0.1) is 19.7 Å². The van der Waals surface area contributed by atoms with E-state index < -0.39 is 5.91 Å². The van der Waals surface area contributed by atoms with Gasteiger partial charge in [-0.3, -0.25) is 9.59 Å². The predicted octanol–water partition coefficient (Wildman–Crippen LogP) is 3.39. The summed E-state index contributed by atoms with van der Waals surface area (Å²) in [5.74, 6) is 0.626. The van der Waals surface area contributed by atoms with Crippen LogP contribution in [0.25, 0.3) is 10.9 Å². The van der Waals surface area contributed by atoms with Gasteiger partial charge in [0.25, 0.3) is 5.91 Å². The van der Waals surface area contributed by atoms with Crippen molar-refractivity contribution in [2.24, 2.45) is 0 Å². The van der Waals surface area contributed by atoms with Gasteiger partial charge in [-0.15, -0.1) is 0 Å². The molecule has 1 amide bonds. The molecule has 1 atom stereocenters. The second kappa shape index (κ2) is 6.46. The van der Waals surface area contributed by atoms with Gasteiger partial charge < -0.3 is 19.4 Å². The molecule has 6 nitrogen and oxygen atoms in total. The first kappa shape index (κ1) is 17.1. The van der Waals surface area contributed by atoms with Gasteiger partial charge in [0.15, 0.2) is 11.5 Å². The number of nitrogens with zero attached hydrogens (tertiary/aromatic N) is 1. The van der Waals surface area contributed by atoms with E-state index >= 15 is 0 Å². The van der Waals surface area contributed by atoms with Gasteiger partial charge in [-0.25, -0.2) is 0 Å². The van der Waals surface area contributed by atoms with E-state index in [-0.39, 0.29) is 17.0 Å². The van der Waals surface area contributed by atoms with Crippen LogP contribution in [0.2, 0.25) is 0 Å². The Balaban J connectivity index is 1.75. The van der Waals surface area contributed by atoms with E-state index in [1.807, 2.05) is 16.7 Å². The molecule has 0 saturated carbocycles. The van der Waals surface area contributed by atoms with Crippen LogP contribution < -0.4 is 20.2 Å². The van der Waals surface area contributed by atoms with Crippen LogP contribution in [-0.4, -0.2) is 24.7 Å². The number of benzene rings is 2. The lowest BCUT2D eigenvalue weighted by Gasteiger charge is -2.13. The van der Waals surface area contributed by atoms with Crippen LogP contribution in [0.3, 0.4) is 0 Å². The average molecular weight is 364 g/mol. The van der Waals surface area contributed by atoms with E-state index in [4.69, 9.17) is 9.47 Å². The number of pyridine rings is 1. The summed E-state index contributed by atoms with van der Waals surface area (Å²) in [4.78, 5) is 25.7. The van der Waals surface area contributed by atoms with Gasteiger partial charge in [-0.05, 0) is 37.1 Å². The Morgan fingerprint density at radius 2 is 1.93 bits per heavy atom. The lowest BCUT2D eigenvalue weighted by atomic mass is 10.1. The highest BCUT2D eigenvalue weighted by atomic mass is 16.5. The molecule has 4 rings (SSSR count). The number of methoxy groups -OCH3 is 2. The Labute approximate surface area is 156 Å². The fraction of sp³-hybridized carbons (Fsp3) is 0.238. The first-order chi connectivity index (χ1) is 13.0. The lowest BCUT2D eigenvalue weighted by molar-refractivity contribution is 0.102. The number of anilines is 1. The van der Waals surface area contributed by atoms with Crippen molar-refractivity contribution in [3.8, 4) is 11.5 Å². The number of amides is 1. The molecule has 1 aliphatic rings. The number of nitrogens with one attached hydrogen (secondary N) is 1. The molecule has 27 heavy (non-hydrogen) atoms. The SMILES string of the molecule is COc1ccc(NC(=O)c2cn3c4c(cccc4c2=O)C[C@H]3C)cc1OC. The highest BCUT2D eigenvalue weighted by molar-refractivity contribution is 6.06. The standard InChI is InChI=1S/C21H20N2O4/c1-12-9-13-5-4-6-15-19(13)23(12)11-16(20(15)24)21(25)22-14-7-8-17(26-2)18(10-14)27-3/h4-8,10-12H,9H2,1-3H3,(H,22,25)/t12-/m1/s1. The van der Waals surface area contributed by atoms with Crippen molar-refractivity contribution in [1.82, 2.24) is 4.57 Å². The molecule has 138 valence electrons. The van der Waals surface area contributed by atoms with Crippen molar-refractivity contribution in [2.45, 2.75) is 19.4 Å². The van der Waals surface area contributed by atoms with E-state index in [0.717, 1.165) is 17.5 Å². The summed E-state index contributed by atoms with van der Waals surface area (Å²) in [5, 5.41) is 3.37. The molecule has 0 saturated heterocycles. The molecule has 2 heterocycles. The molecule has 0 radical (unpaired) electrons. The molecule has 6 heteroatoms. The second-order valence-corrected chi connectivity index (χ2v) is 6.67. The Kier molecular flexibility index (Phi) is 4.11. The smallest absolute Gasteiger partial charge is 0.261 e. The molecule has 0 spiro atoms. The fourth-order valence-corrected chi connectivity index (χ4v) is 3.69.